The second-order valence-electron chi connectivity index (χ2n) is 6.09. The summed E-state index contributed by atoms with van der Waals surface area (Å²) in [6.07, 6.45) is 4.14. The standard InChI is InChI=1S/C24H23ClO/c25-17-18-26-24-14-8-7-13-22(24)15-16-23(21-11-5-2-6-12-21)19-20-9-3-1-4-10-20/h1-14,19H,15-18H2/b23-19-. The first-order valence-electron chi connectivity index (χ1n) is 8.94. The molecule has 3 aromatic carbocycles. The number of para-hydroxylation sites is 1. The van der Waals surface area contributed by atoms with Crippen molar-refractivity contribution in [2.75, 3.05) is 12.5 Å². The minimum atomic E-state index is 0.498. The van der Waals surface area contributed by atoms with E-state index in [9.17, 15) is 0 Å². The normalized spacial score (nSPS) is 11.3. The molecule has 0 N–H and O–H groups in total. The largest absolute Gasteiger partial charge is 0.492 e. The van der Waals surface area contributed by atoms with Gasteiger partial charge in [0.25, 0.3) is 0 Å². The zero-order valence-electron chi connectivity index (χ0n) is 14.8. The number of ether oxygens (including phenoxy) is 1. The Morgan fingerprint density at radius 2 is 1.46 bits per heavy atom. The van der Waals surface area contributed by atoms with Gasteiger partial charge in [0.05, 0.1) is 5.88 Å². The van der Waals surface area contributed by atoms with Crippen LogP contribution in [-0.2, 0) is 6.42 Å². The second kappa shape index (κ2) is 9.84. The Bertz CT molecular complexity index is 825. The van der Waals surface area contributed by atoms with Crippen LogP contribution in [0.4, 0.5) is 0 Å². The van der Waals surface area contributed by atoms with E-state index in [2.05, 4.69) is 72.8 Å². The van der Waals surface area contributed by atoms with Gasteiger partial charge in [-0.3, -0.25) is 0 Å². The minimum absolute atomic E-state index is 0.498. The Balaban J connectivity index is 1.82. The third kappa shape index (κ3) is 5.24. The second-order valence-corrected chi connectivity index (χ2v) is 6.47. The summed E-state index contributed by atoms with van der Waals surface area (Å²) in [5, 5.41) is 0. The Hall–Kier alpha value is -2.51. The van der Waals surface area contributed by atoms with Crippen molar-refractivity contribution in [1.82, 2.24) is 0 Å². The molecule has 1 nitrogen and oxygen atoms in total. The van der Waals surface area contributed by atoms with E-state index >= 15 is 0 Å². The van der Waals surface area contributed by atoms with Crippen LogP contribution in [0.25, 0.3) is 11.6 Å². The number of allylic oxidation sites excluding steroid dienone is 1. The predicted octanol–water partition coefficient (Wildman–Crippen LogP) is 6.48. The maximum absolute atomic E-state index is 5.79. The van der Waals surface area contributed by atoms with E-state index in [0.29, 0.717) is 12.5 Å². The highest BCUT2D eigenvalue weighted by atomic mass is 35.5. The van der Waals surface area contributed by atoms with Gasteiger partial charge >= 0.3 is 0 Å². The highest BCUT2D eigenvalue weighted by molar-refractivity contribution is 6.18. The molecule has 0 atom stereocenters. The van der Waals surface area contributed by atoms with Gasteiger partial charge in [0.15, 0.2) is 0 Å². The summed E-state index contributed by atoms with van der Waals surface area (Å²) in [4.78, 5) is 0. The molecule has 0 aliphatic carbocycles. The van der Waals surface area contributed by atoms with Crippen LogP contribution in [0.3, 0.4) is 0 Å². The first kappa shape index (κ1) is 18.3. The number of hydrogen-bond acceptors (Lipinski definition) is 1. The van der Waals surface area contributed by atoms with Crippen LogP contribution in [0.2, 0.25) is 0 Å². The maximum atomic E-state index is 5.79. The molecular weight excluding hydrogens is 340 g/mol. The molecule has 26 heavy (non-hydrogen) atoms. The van der Waals surface area contributed by atoms with Crippen molar-refractivity contribution in [3.05, 3.63) is 102 Å². The molecule has 0 unspecified atom stereocenters. The van der Waals surface area contributed by atoms with E-state index in [1.165, 1.54) is 22.3 Å². The predicted molar refractivity (Wildman–Crippen MR) is 112 cm³/mol. The zero-order chi connectivity index (χ0) is 18.0. The first-order valence-corrected chi connectivity index (χ1v) is 9.48. The molecule has 0 radical (unpaired) electrons. The monoisotopic (exact) mass is 362 g/mol. The Morgan fingerprint density at radius 3 is 2.19 bits per heavy atom. The summed E-state index contributed by atoms with van der Waals surface area (Å²) in [6.45, 7) is 0.532. The molecule has 0 aromatic heterocycles. The van der Waals surface area contributed by atoms with Crippen molar-refractivity contribution < 1.29 is 4.74 Å². The highest BCUT2D eigenvalue weighted by Gasteiger charge is 2.07. The van der Waals surface area contributed by atoms with Crippen molar-refractivity contribution >= 4 is 23.3 Å². The smallest absolute Gasteiger partial charge is 0.122 e. The van der Waals surface area contributed by atoms with Crippen LogP contribution in [0.15, 0.2) is 84.9 Å². The minimum Gasteiger partial charge on any atom is -0.492 e. The van der Waals surface area contributed by atoms with Crippen LogP contribution in [0.5, 0.6) is 5.75 Å². The fraction of sp³-hybridized carbons (Fsp3) is 0.167. The molecular formula is C24H23ClO. The fourth-order valence-electron chi connectivity index (χ4n) is 2.97. The topological polar surface area (TPSA) is 9.23 Å². The molecule has 0 fully saturated rings. The van der Waals surface area contributed by atoms with Crippen LogP contribution in [-0.4, -0.2) is 12.5 Å². The van der Waals surface area contributed by atoms with Gasteiger partial charge in [0.1, 0.15) is 12.4 Å². The van der Waals surface area contributed by atoms with Crippen molar-refractivity contribution in [2.24, 2.45) is 0 Å². The van der Waals surface area contributed by atoms with Crippen molar-refractivity contribution in [3.8, 4) is 5.75 Å². The number of halogens is 1. The summed E-state index contributed by atoms with van der Waals surface area (Å²) in [5.41, 5.74) is 5.02. The average molecular weight is 363 g/mol. The van der Waals surface area contributed by atoms with Gasteiger partial charge in [-0.05, 0) is 41.2 Å². The fourth-order valence-corrected chi connectivity index (χ4v) is 3.05. The molecule has 0 aliphatic heterocycles. The van der Waals surface area contributed by atoms with E-state index in [4.69, 9.17) is 16.3 Å². The number of hydrogen-bond donors (Lipinski definition) is 0. The summed E-state index contributed by atoms with van der Waals surface area (Å²) in [7, 11) is 0. The van der Waals surface area contributed by atoms with E-state index < -0.39 is 0 Å². The van der Waals surface area contributed by atoms with Gasteiger partial charge in [-0.1, -0.05) is 84.9 Å². The summed E-state index contributed by atoms with van der Waals surface area (Å²) >= 11 is 5.77. The van der Waals surface area contributed by atoms with E-state index in [1.807, 2.05) is 18.2 Å². The third-order valence-corrected chi connectivity index (χ3v) is 4.41. The average Bonchev–Trinajstić information content (AvgIpc) is 2.71. The summed E-state index contributed by atoms with van der Waals surface area (Å²) in [5.74, 6) is 1.43. The van der Waals surface area contributed by atoms with Crippen molar-refractivity contribution in [2.45, 2.75) is 12.8 Å². The van der Waals surface area contributed by atoms with Gasteiger partial charge in [0, 0.05) is 0 Å². The first-order chi connectivity index (χ1) is 12.9. The van der Waals surface area contributed by atoms with E-state index in [0.717, 1.165) is 18.6 Å². The SMILES string of the molecule is ClCCOc1ccccc1CC/C(=C/c1ccccc1)c1ccccc1. The van der Waals surface area contributed by atoms with Crippen molar-refractivity contribution in [3.63, 3.8) is 0 Å². The molecule has 132 valence electrons. The summed E-state index contributed by atoms with van der Waals surface area (Å²) in [6, 6.07) is 29.3. The van der Waals surface area contributed by atoms with Crippen LogP contribution < -0.4 is 4.74 Å². The van der Waals surface area contributed by atoms with Crippen LogP contribution in [0.1, 0.15) is 23.1 Å². The molecule has 3 rings (SSSR count). The molecule has 0 saturated carbocycles. The zero-order valence-corrected chi connectivity index (χ0v) is 15.5. The molecule has 0 bridgehead atoms. The van der Waals surface area contributed by atoms with Crippen LogP contribution in [0, 0.1) is 0 Å². The maximum Gasteiger partial charge on any atom is 0.122 e. The van der Waals surface area contributed by atoms with Gasteiger partial charge in [0.2, 0.25) is 0 Å². The molecule has 3 aromatic rings. The van der Waals surface area contributed by atoms with E-state index in [-0.39, 0.29) is 0 Å². The molecule has 0 spiro atoms. The number of aryl methyl sites for hydroxylation is 1. The molecule has 0 aliphatic rings. The van der Waals surface area contributed by atoms with Gasteiger partial charge in [-0.25, -0.2) is 0 Å². The molecule has 0 amide bonds. The lowest BCUT2D eigenvalue weighted by Crippen LogP contribution is -2.01. The Kier molecular flexibility index (Phi) is 6.92. The van der Waals surface area contributed by atoms with Crippen LogP contribution >= 0.6 is 11.6 Å². The number of rotatable bonds is 8. The third-order valence-electron chi connectivity index (χ3n) is 4.26. The molecule has 2 heteroatoms. The lowest BCUT2D eigenvalue weighted by atomic mass is 9.96. The number of alkyl halides is 1. The van der Waals surface area contributed by atoms with Gasteiger partial charge < -0.3 is 4.74 Å². The van der Waals surface area contributed by atoms with Gasteiger partial charge in [-0.15, -0.1) is 11.6 Å². The quantitative estimate of drug-likeness (QED) is 0.329. The van der Waals surface area contributed by atoms with Crippen molar-refractivity contribution in [1.29, 1.82) is 0 Å². The molecule has 0 heterocycles. The number of benzene rings is 3. The van der Waals surface area contributed by atoms with E-state index in [1.54, 1.807) is 0 Å². The Morgan fingerprint density at radius 1 is 0.808 bits per heavy atom. The Labute approximate surface area is 160 Å². The lowest BCUT2D eigenvalue weighted by molar-refractivity contribution is 0.339. The lowest BCUT2D eigenvalue weighted by Gasteiger charge is -2.12. The summed E-state index contributed by atoms with van der Waals surface area (Å²) < 4.78 is 5.79. The van der Waals surface area contributed by atoms with Gasteiger partial charge in [-0.2, -0.15) is 0 Å². The highest BCUT2D eigenvalue weighted by Crippen LogP contribution is 2.27. The molecule has 0 saturated heterocycles.